The predicted molar refractivity (Wildman–Crippen MR) is 121 cm³/mol. The Hall–Kier alpha value is -3.22. The number of halogens is 2. The predicted octanol–water partition coefficient (Wildman–Crippen LogP) is 5.45. The van der Waals surface area contributed by atoms with Crippen molar-refractivity contribution in [3.05, 3.63) is 70.9 Å². The fraction of sp³-hybridized carbons (Fsp3) is 0.385. The Labute approximate surface area is 192 Å². The number of aryl methyl sites for hydroxylation is 1. The van der Waals surface area contributed by atoms with Crippen LogP contribution in [0, 0.1) is 11.6 Å². The second-order valence-corrected chi connectivity index (χ2v) is 8.89. The highest BCUT2D eigenvalue weighted by molar-refractivity contribution is 5.95. The largest absolute Gasteiger partial charge is 0.494 e. The summed E-state index contributed by atoms with van der Waals surface area (Å²) in [5.41, 5.74) is 3.62. The molecule has 0 aliphatic carbocycles. The Morgan fingerprint density at radius 1 is 1.15 bits per heavy atom. The number of rotatable bonds is 5. The first-order valence-electron chi connectivity index (χ1n) is 11.5. The van der Waals surface area contributed by atoms with Crippen LogP contribution in [-0.4, -0.2) is 33.2 Å². The first kappa shape index (κ1) is 21.6. The van der Waals surface area contributed by atoms with Crippen LogP contribution in [0.4, 0.5) is 8.78 Å². The summed E-state index contributed by atoms with van der Waals surface area (Å²) in [7, 11) is 1.79. The number of nitrogens with zero attached hydrogens (tertiary/aromatic N) is 3. The summed E-state index contributed by atoms with van der Waals surface area (Å²) in [4.78, 5) is 15.6. The van der Waals surface area contributed by atoms with Crippen molar-refractivity contribution in [1.82, 2.24) is 14.7 Å². The number of amides is 1. The molecular weight excluding hydrogens is 424 g/mol. The minimum Gasteiger partial charge on any atom is -0.494 e. The lowest BCUT2D eigenvalue weighted by molar-refractivity contribution is 0.0391. The van der Waals surface area contributed by atoms with Crippen molar-refractivity contribution >= 4 is 5.91 Å². The van der Waals surface area contributed by atoms with Crippen LogP contribution < -0.4 is 4.74 Å². The molecule has 0 spiro atoms. The Kier molecular flexibility index (Phi) is 5.64. The number of hydrogen-bond donors (Lipinski definition) is 0. The molecule has 2 aromatic carbocycles. The van der Waals surface area contributed by atoms with Crippen molar-refractivity contribution in [3.63, 3.8) is 0 Å². The summed E-state index contributed by atoms with van der Waals surface area (Å²) in [5.74, 6) is -0.559. The standard InChI is InChI=1S/C26H27F2N3O2/c1-3-10-33-21-8-4-6-16(13-21)26(32)31-20-7-5-9-23(31)24-22(15-20)25(30(2)29-24)17-11-18(27)14-19(28)12-17/h4,6,8,11-14,20,23H,3,5,7,9-10,15H2,1-2H3/t20-,23+/m0/s1. The molecule has 1 fully saturated rings. The third kappa shape index (κ3) is 3.90. The highest BCUT2D eigenvalue weighted by Gasteiger charge is 2.43. The fourth-order valence-corrected chi connectivity index (χ4v) is 5.29. The minimum atomic E-state index is -0.613. The number of benzene rings is 2. The third-order valence-corrected chi connectivity index (χ3v) is 6.60. The molecule has 1 saturated heterocycles. The second-order valence-electron chi connectivity index (χ2n) is 8.89. The molecule has 0 radical (unpaired) electrons. The number of carbonyl (C=O) groups excluding carboxylic acids is 1. The molecule has 5 rings (SSSR count). The molecule has 7 heteroatoms. The quantitative estimate of drug-likeness (QED) is 0.519. The number of fused-ring (bicyclic) bond motifs is 4. The van der Waals surface area contributed by atoms with Crippen LogP contribution in [0.15, 0.2) is 42.5 Å². The Morgan fingerprint density at radius 2 is 1.94 bits per heavy atom. The van der Waals surface area contributed by atoms with Gasteiger partial charge >= 0.3 is 0 Å². The molecule has 1 amide bonds. The van der Waals surface area contributed by atoms with Gasteiger partial charge in [-0.05, 0) is 62.4 Å². The highest BCUT2D eigenvalue weighted by Crippen LogP contribution is 2.45. The number of piperidine rings is 1. The summed E-state index contributed by atoms with van der Waals surface area (Å²) in [6.45, 7) is 2.65. The van der Waals surface area contributed by atoms with E-state index in [9.17, 15) is 13.6 Å². The van der Waals surface area contributed by atoms with Gasteiger partial charge in [-0.25, -0.2) is 8.78 Å². The molecular formula is C26H27F2N3O2. The molecule has 3 aromatic rings. The number of hydrogen-bond acceptors (Lipinski definition) is 3. The van der Waals surface area contributed by atoms with Crippen molar-refractivity contribution in [2.45, 2.75) is 51.1 Å². The average molecular weight is 452 g/mol. The SMILES string of the molecule is CCCOc1cccc(C(=O)N2[C@H]3CCC[C@@H]2c2nn(C)c(-c4cc(F)cc(F)c4)c2C3)c1. The van der Waals surface area contributed by atoms with Crippen LogP contribution in [0.1, 0.15) is 60.3 Å². The van der Waals surface area contributed by atoms with E-state index in [-0.39, 0.29) is 18.0 Å². The molecule has 2 bridgehead atoms. The van der Waals surface area contributed by atoms with Gasteiger partial charge in [0.05, 0.1) is 24.0 Å². The molecule has 3 heterocycles. The summed E-state index contributed by atoms with van der Waals surface area (Å²) >= 11 is 0. The Balaban J connectivity index is 1.52. The van der Waals surface area contributed by atoms with Crippen molar-refractivity contribution in [2.24, 2.45) is 7.05 Å². The topological polar surface area (TPSA) is 47.4 Å². The van der Waals surface area contributed by atoms with Gasteiger partial charge in [-0.1, -0.05) is 13.0 Å². The third-order valence-electron chi connectivity index (χ3n) is 6.60. The average Bonchev–Trinajstić information content (AvgIpc) is 3.12. The molecule has 0 saturated carbocycles. The first-order chi connectivity index (χ1) is 16.0. The Morgan fingerprint density at radius 3 is 2.70 bits per heavy atom. The van der Waals surface area contributed by atoms with Crippen molar-refractivity contribution in [3.8, 4) is 17.0 Å². The zero-order valence-corrected chi connectivity index (χ0v) is 18.9. The van der Waals surface area contributed by atoms with Gasteiger partial charge in [0.2, 0.25) is 0 Å². The zero-order chi connectivity index (χ0) is 23.1. The van der Waals surface area contributed by atoms with Crippen LogP contribution in [0.25, 0.3) is 11.3 Å². The van der Waals surface area contributed by atoms with Gasteiger partial charge < -0.3 is 9.64 Å². The van der Waals surface area contributed by atoms with Gasteiger partial charge in [-0.2, -0.15) is 5.10 Å². The smallest absolute Gasteiger partial charge is 0.254 e. The number of carbonyl (C=O) groups is 1. The maximum atomic E-state index is 13.9. The summed E-state index contributed by atoms with van der Waals surface area (Å²) in [6, 6.07) is 10.8. The highest BCUT2D eigenvalue weighted by atomic mass is 19.1. The second kappa shape index (κ2) is 8.61. The first-order valence-corrected chi connectivity index (χ1v) is 11.5. The van der Waals surface area contributed by atoms with Gasteiger partial charge in [0.1, 0.15) is 17.4 Å². The maximum Gasteiger partial charge on any atom is 0.254 e. The number of aromatic nitrogens is 2. The van der Waals surface area contributed by atoms with Crippen molar-refractivity contribution < 1.29 is 18.3 Å². The van der Waals surface area contributed by atoms with Crippen LogP contribution in [-0.2, 0) is 13.5 Å². The fourth-order valence-electron chi connectivity index (χ4n) is 5.29. The van der Waals surface area contributed by atoms with Gasteiger partial charge in [-0.15, -0.1) is 0 Å². The molecule has 33 heavy (non-hydrogen) atoms. The summed E-state index contributed by atoms with van der Waals surface area (Å²) in [6.07, 6.45) is 4.23. The molecule has 0 unspecified atom stereocenters. The molecule has 5 nitrogen and oxygen atoms in total. The lowest BCUT2D eigenvalue weighted by Crippen LogP contribution is -2.49. The van der Waals surface area contributed by atoms with Gasteiger partial charge in [0.15, 0.2) is 0 Å². The lowest BCUT2D eigenvalue weighted by Gasteiger charge is -2.45. The molecule has 1 aromatic heterocycles. The molecule has 172 valence electrons. The normalized spacial score (nSPS) is 19.3. The van der Waals surface area contributed by atoms with E-state index >= 15 is 0 Å². The number of ether oxygens (including phenoxy) is 1. The summed E-state index contributed by atoms with van der Waals surface area (Å²) in [5, 5.41) is 4.75. The minimum absolute atomic E-state index is 0.0188. The maximum absolute atomic E-state index is 13.9. The molecule has 2 aliphatic rings. The van der Waals surface area contributed by atoms with Gasteiger partial charge in [-0.3, -0.25) is 9.48 Å². The molecule has 2 atom stereocenters. The van der Waals surface area contributed by atoms with E-state index in [1.807, 2.05) is 36.1 Å². The van der Waals surface area contributed by atoms with Crippen LogP contribution in [0.5, 0.6) is 5.75 Å². The van der Waals surface area contributed by atoms with E-state index in [1.54, 1.807) is 11.7 Å². The van der Waals surface area contributed by atoms with E-state index < -0.39 is 11.6 Å². The monoisotopic (exact) mass is 451 g/mol. The molecule has 2 aliphatic heterocycles. The zero-order valence-electron chi connectivity index (χ0n) is 18.9. The van der Waals surface area contributed by atoms with Crippen LogP contribution in [0.2, 0.25) is 0 Å². The van der Waals surface area contributed by atoms with Crippen LogP contribution >= 0.6 is 0 Å². The van der Waals surface area contributed by atoms with Gasteiger partial charge in [0.25, 0.3) is 5.91 Å². The van der Waals surface area contributed by atoms with E-state index in [0.29, 0.717) is 29.9 Å². The van der Waals surface area contributed by atoms with Crippen LogP contribution in [0.3, 0.4) is 0 Å². The van der Waals surface area contributed by atoms with Crippen molar-refractivity contribution in [1.29, 1.82) is 0 Å². The molecule has 0 N–H and O–H groups in total. The van der Waals surface area contributed by atoms with E-state index in [2.05, 4.69) is 0 Å². The van der Waals surface area contributed by atoms with E-state index in [4.69, 9.17) is 9.84 Å². The van der Waals surface area contributed by atoms with Gasteiger partial charge in [0, 0.05) is 35.8 Å². The van der Waals surface area contributed by atoms with E-state index in [0.717, 1.165) is 48.7 Å². The lowest BCUT2D eigenvalue weighted by atomic mass is 9.81. The summed E-state index contributed by atoms with van der Waals surface area (Å²) < 4.78 is 35.3. The van der Waals surface area contributed by atoms with E-state index in [1.165, 1.54) is 12.1 Å². The Bertz CT molecular complexity index is 1190. The van der Waals surface area contributed by atoms with Crippen molar-refractivity contribution in [2.75, 3.05) is 6.61 Å².